The van der Waals surface area contributed by atoms with E-state index >= 15 is 0 Å². The fraction of sp³-hybridized carbons (Fsp3) is 0.286. The average Bonchev–Trinajstić information content (AvgIpc) is 3.28. The highest BCUT2D eigenvalue weighted by atomic mass is 16.6. The highest BCUT2D eigenvalue weighted by molar-refractivity contribution is 6.33. The van der Waals surface area contributed by atoms with E-state index in [0.29, 0.717) is 29.5 Å². The van der Waals surface area contributed by atoms with Gasteiger partial charge in [0.25, 0.3) is 5.91 Å². The molecule has 3 aromatic rings. The van der Waals surface area contributed by atoms with Gasteiger partial charge in [-0.15, -0.1) is 0 Å². The molecule has 1 aliphatic rings. The van der Waals surface area contributed by atoms with Crippen molar-refractivity contribution in [1.29, 1.82) is 0 Å². The van der Waals surface area contributed by atoms with Crippen molar-refractivity contribution in [3.8, 4) is 22.9 Å². The number of aromatic amines is 1. The molecule has 3 N–H and O–H groups in total. The van der Waals surface area contributed by atoms with Gasteiger partial charge >= 0.3 is 7.32 Å². The number of piperidine rings is 1. The van der Waals surface area contributed by atoms with Gasteiger partial charge in [-0.25, -0.2) is 4.98 Å². The number of hydrogen-bond acceptors (Lipinski definition) is 7. The molecule has 9 nitrogen and oxygen atoms in total. The third-order valence-corrected chi connectivity index (χ3v) is 5.08. The quantitative estimate of drug-likeness (QED) is 0.498. The van der Waals surface area contributed by atoms with Crippen LogP contribution in [0.5, 0.6) is 11.5 Å². The van der Waals surface area contributed by atoms with Crippen molar-refractivity contribution in [1.82, 2.24) is 20.1 Å². The third kappa shape index (κ3) is 5.22. The van der Waals surface area contributed by atoms with Gasteiger partial charge < -0.3 is 24.3 Å². The molecule has 0 saturated carbocycles. The Morgan fingerprint density at radius 1 is 1.13 bits per heavy atom. The van der Waals surface area contributed by atoms with Gasteiger partial charge in [0.1, 0.15) is 17.3 Å². The molecule has 1 amide bonds. The number of rotatable bonds is 7. The van der Waals surface area contributed by atoms with Crippen molar-refractivity contribution < 1.29 is 24.2 Å². The first-order valence-corrected chi connectivity index (χ1v) is 10.1. The van der Waals surface area contributed by atoms with Crippen LogP contribution in [0.15, 0.2) is 54.6 Å². The summed E-state index contributed by atoms with van der Waals surface area (Å²) in [6.07, 6.45) is 2.70. The summed E-state index contributed by atoms with van der Waals surface area (Å²) in [7, 11) is -1.90. The lowest BCUT2D eigenvalue weighted by Gasteiger charge is -2.34. The van der Waals surface area contributed by atoms with Crippen LogP contribution in [0, 0.1) is 0 Å². The minimum atomic E-state index is -1.90. The summed E-state index contributed by atoms with van der Waals surface area (Å²) in [5.41, 5.74) is 0.654. The first-order valence-electron chi connectivity index (χ1n) is 10.1. The van der Waals surface area contributed by atoms with Gasteiger partial charge in [-0.05, 0) is 43.5 Å². The number of amides is 1. The van der Waals surface area contributed by atoms with Crippen LogP contribution in [0.2, 0.25) is 0 Å². The summed E-state index contributed by atoms with van der Waals surface area (Å²) in [6.45, 7) is 0.597. The molecular weight excluding hydrogens is 399 g/mol. The van der Waals surface area contributed by atoms with E-state index in [0.717, 1.165) is 19.3 Å². The number of likely N-dealkylation sites (tertiary alicyclic amines) is 1. The maximum atomic E-state index is 12.9. The van der Waals surface area contributed by atoms with Crippen molar-refractivity contribution in [2.75, 3.05) is 13.2 Å². The molecule has 4 rings (SSSR count). The van der Waals surface area contributed by atoms with E-state index in [4.69, 9.17) is 19.4 Å². The molecule has 1 aromatic heterocycles. The Morgan fingerprint density at radius 2 is 1.94 bits per heavy atom. The first kappa shape index (κ1) is 20.9. The van der Waals surface area contributed by atoms with Gasteiger partial charge in [0.05, 0.1) is 6.04 Å². The lowest BCUT2D eigenvalue weighted by Crippen LogP contribution is -2.41. The van der Waals surface area contributed by atoms with Crippen LogP contribution >= 0.6 is 0 Å². The van der Waals surface area contributed by atoms with Crippen molar-refractivity contribution in [2.24, 2.45) is 0 Å². The second-order valence-electron chi connectivity index (χ2n) is 7.22. The molecule has 0 radical (unpaired) electrons. The minimum Gasteiger partial charge on any atom is -0.512 e. The molecule has 31 heavy (non-hydrogen) atoms. The molecular formula is C21H23BN4O5. The predicted molar refractivity (Wildman–Crippen MR) is 113 cm³/mol. The molecule has 2 heterocycles. The van der Waals surface area contributed by atoms with Gasteiger partial charge in [-0.3, -0.25) is 9.89 Å². The van der Waals surface area contributed by atoms with Crippen LogP contribution in [0.4, 0.5) is 0 Å². The van der Waals surface area contributed by atoms with E-state index < -0.39 is 7.32 Å². The molecule has 2 aromatic carbocycles. The number of nitrogens with one attached hydrogen (secondary N) is 1. The van der Waals surface area contributed by atoms with E-state index in [1.165, 1.54) is 0 Å². The standard InChI is InChI=1S/C21H23BN4O5/c27-19(14-30-16-8-2-1-3-9-16)26-12-5-4-11-18(26)21-23-20(24-25-21)15-7-6-10-17(13-15)31-22(28)29/h1-3,6-10,13,18,28-29H,4-5,11-12,14H2,(H,23,24,25). The topological polar surface area (TPSA) is 121 Å². The average molecular weight is 422 g/mol. The van der Waals surface area contributed by atoms with Crippen molar-refractivity contribution >= 4 is 13.2 Å². The highest BCUT2D eigenvalue weighted by Crippen LogP contribution is 2.30. The Labute approximate surface area is 179 Å². The minimum absolute atomic E-state index is 0.0373. The molecule has 10 heteroatoms. The maximum Gasteiger partial charge on any atom is 0.707 e. The molecule has 0 spiro atoms. The fourth-order valence-electron chi connectivity index (χ4n) is 3.64. The lowest BCUT2D eigenvalue weighted by molar-refractivity contribution is -0.137. The largest absolute Gasteiger partial charge is 0.707 e. The number of ether oxygens (including phenoxy) is 1. The molecule has 1 saturated heterocycles. The van der Waals surface area contributed by atoms with Gasteiger partial charge in [0.15, 0.2) is 12.4 Å². The molecule has 160 valence electrons. The molecule has 1 fully saturated rings. The second kappa shape index (κ2) is 9.63. The zero-order valence-corrected chi connectivity index (χ0v) is 16.8. The zero-order chi connectivity index (χ0) is 21.6. The molecule has 1 atom stereocenters. The number of nitrogens with zero attached hydrogens (tertiary/aromatic N) is 3. The summed E-state index contributed by atoms with van der Waals surface area (Å²) in [5, 5.41) is 25.2. The van der Waals surface area contributed by atoms with Crippen molar-refractivity contribution in [2.45, 2.75) is 25.3 Å². The van der Waals surface area contributed by atoms with E-state index in [9.17, 15) is 4.79 Å². The van der Waals surface area contributed by atoms with Crippen LogP contribution in [0.1, 0.15) is 31.1 Å². The Kier molecular flexibility index (Phi) is 6.49. The normalized spacial score (nSPS) is 16.1. The maximum absolute atomic E-state index is 12.9. The molecule has 1 aliphatic heterocycles. The van der Waals surface area contributed by atoms with E-state index in [1.807, 2.05) is 30.3 Å². The SMILES string of the molecule is O=C(COc1ccccc1)N1CCCCC1c1nc(-c2cccc(OB(O)O)c2)n[nH]1. The van der Waals surface area contributed by atoms with Gasteiger partial charge in [-0.1, -0.05) is 30.3 Å². The summed E-state index contributed by atoms with van der Waals surface area (Å²) < 4.78 is 10.5. The lowest BCUT2D eigenvalue weighted by atomic mass is 10.0. The fourth-order valence-corrected chi connectivity index (χ4v) is 3.64. The Balaban J connectivity index is 1.47. The number of benzene rings is 2. The van der Waals surface area contributed by atoms with E-state index in [-0.39, 0.29) is 24.3 Å². The molecule has 1 unspecified atom stereocenters. The number of aromatic nitrogens is 3. The van der Waals surface area contributed by atoms with Crippen LogP contribution in [-0.2, 0) is 4.79 Å². The van der Waals surface area contributed by atoms with Gasteiger partial charge in [0.2, 0.25) is 0 Å². The monoisotopic (exact) mass is 422 g/mol. The van der Waals surface area contributed by atoms with E-state index in [1.54, 1.807) is 29.2 Å². The van der Waals surface area contributed by atoms with Crippen LogP contribution in [0.3, 0.4) is 0 Å². The highest BCUT2D eigenvalue weighted by Gasteiger charge is 2.30. The Hall–Kier alpha value is -3.37. The first-order chi connectivity index (χ1) is 15.1. The van der Waals surface area contributed by atoms with Crippen molar-refractivity contribution in [3.63, 3.8) is 0 Å². The predicted octanol–water partition coefficient (Wildman–Crippen LogP) is 1.95. The summed E-state index contributed by atoms with van der Waals surface area (Å²) in [5.74, 6) is 1.88. The third-order valence-electron chi connectivity index (χ3n) is 5.08. The van der Waals surface area contributed by atoms with Crippen LogP contribution < -0.4 is 9.39 Å². The number of carbonyl (C=O) groups excluding carboxylic acids is 1. The Morgan fingerprint density at radius 3 is 2.74 bits per heavy atom. The van der Waals surface area contributed by atoms with Crippen molar-refractivity contribution in [3.05, 3.63) is 60.4 Å². The summed E-state index contributed by atoms with van der Waals surface area (Å²) in [6, 6.07) is 15.8. The number of H-pyrrole nitrogens is 1. The molecule has 0 bridgehead atoms. The number of hydrogen-bond donors (Lipinski definition) is 3. The van der Waals surface area contributed by atoms with Gasteiger partial charge in [0, 0.05) is 12.1 Å². The summed E-state index contributed by atoms with van der Waals surface area (Å²) >= 11 is 0. The smallest absolute Gasteiger partial charge is 0.512 e. The van der Waals surface area contributed by atoms with Crippen LogP contribution in [0.25, 0.3) is 11.4 Å². The zero-order valence-electron chi connectivity index (χ0n) is 16.8. The molecule has 0 aliphatic carbocycles. The van der Waals surface area contributed by atoms with Gasteiger partial charge in [-0.2, -0.15) is 5.10 Å². The number of carbonyl (C=O) groups is 1. The summed E-state index contributed by atoms with van der Waals surface area (Å²) in [4.78, 5) is 19.2. The Bertz CT molecular complexity index is 1010. The number of para-hydroxylation sites is 1. The van der Waals surface area contributed by atoms with E-state index in [2.05, 4.69) is 15.2 Å². The second-order valence-corrected chi connectivity index (χ2v) is 7.22. The van der Waals surface area contributed by atoms with Crippen LogP contribution in [-0.4, -0.2) is 56.5 Å².